The summed E-state index contributed by atoms with van der Waals surface area (Å²) >= 11 is 1.56. The van der Waals surface area contributed by atoms with Gasteiger partial charge in [0.2, 0.25) is 10.0 Å². The number of aryl methyl sites for hydroxylation is 2. The van der Waals surface area contributed by atoms with Crippen molar-refractivity contribution in [2.45, 2.75) is 37.0 Å². The fraction of sp³-hybridized carbons (Fsp3) is 0.300. The summed E-state index contributed by atoms with van der Waals surface area (Å²) in [4.78, 5) is 8.96. The highest BCUT2D eigenvalue weighted by atomic mass is 32.2. The van der Waals surface area contributed by atoms with E-state index in [-0.39, 0.29) is 0 Å². The van der Waals surface area contributed by atoms with Crippen LogP contribution in [0.15, 0.2) is 53.0 Å². The summed E-state index contributed by atoms with van der Waals surface area (Å²) in [5, 5.41) is 2.90. The average molecular weight is 400 g/mol. The van der Waals surface area contributed by atoms with Gasteiger partial charge in [0.05, 0.1) is 10.6 Å². The summed E-state index contributed by atoms with van der Waals surface area (Å²) in [6.07, 6.45) is 8.38. The first-order valence-corrected chi connectivity index (χ1v) is 11.4. The van der Waals surface area contributed by atoms with Crippen LogP contribution in [0.5, 0.6) is 0 Å². The van der Waals surface area contributed by atoms with E-state index in [1.807, 2.05) is 29.6 Å². The molecule has 2 heterocycles. The molecule has 0 bridgehead atoms. The molecule has 0 spiro atoms. The summed E-state index contributed by atoms with van der Waals surface area (Å²) < 4.78 is 27.9. The standard InChI is InChI=1S/C20H21N3O2S2/c24-27(25,19-6-5-15-3-1-2-4-17(15)13-19)22-12-9-18-14-26-20(23-18)16-7-10-21-11-8-16/h5-8,10-11,13-14,22H,1-4,9,12H2. The molecule has 2 aromatic heterocycles. The van der Waals surface area contributed by atoms with Crippen LogP contribution < -0.4 is 4.72 Å². The van der Waals surface area contributed by atoms with Crippen LogP contribution >= 0.6 is 11.3 Å². The first kappa shape index (κ1) is 18.3. The number of pyridine rings is 1. The molecule has 0 saturated carbocycles. The van der Waals surface area contributed by atoms with Crippen molar-refractivity contribution in [1.29, 1.82) is 0 Å². The van der Waals surface area contributed by atoms with Crippen molar-refractivity contribution in [3.63, 3.8) is 0 Å². The van der Waals surface area contributed by atoms with E-state index in [9.17, 15) is 8.42 Å². The maximum Gasteiger partial charge on any atom is 0.240 e. The second kappa shape index (κ2) is 7.88. The Balaban J connectivity index is 1.39. The number of hydrogen-bond acceptors (Lipinski definition) is 5. The van der Waals surface area contributed by atoms with Gasteiger partial charge in [-0.3, -0.25) is 4.98 Å². The van der Waals surface area contributed by atoms with Crippen molar-refractivity contribution < 1.29 is 8.42 Å². The molecule has 1 aliphatic carbocycles. The highest BCUT2D eigenvalue weighted by molar-refractivity contribution is 7.89. The zero-order valence-electron chi connectivity index (χ0n) is 14.9. The molecule has 0 aliphatic heterocycles. The smallest absolute Gasteiger partial charge is 0.240 e. The number of fused-ring (bicyclic) bond motifs is 1. The third-order valence-electron chi connectivity index (χ3n) is 4.78. The van der Waals surface area contributed by atoms with Crippen molar-refractivity contribution in [2.75, 3.05) is 6.54 Å². The summed E-state index contributed by atoms with van der Waals surface area (Å²) in [6.45, 7) is 0.332. The van der Waals surface area contributed by atoms with Gasteiger partial charge in [-0.25, -0.2) is 18.1 Å². The Morgan fingerprint density at radius 3 is 2.63 bits per heavy atom. The lowest BCUT2D eigenvalue weighted by atomic mass is 9.92. The molecule has 140 valence electrons. The quantitative estimate of drug-likeness (QED) is 0.687. The molecule has 7 heteroatoms. The Bertz CT molecular complexity index is 1030. The minimum Gasteiger partial charge on any atom is -0.265 e. The molecule has 0 fully saturated rings. The third kappa shape index (κ3) is 4.26. The lowest BCUT2D eigenvalue weighted by molar-refractivity contribution is 0.580. The van der Waals surface area contributed by atoms with Crippen LogP contribution in [0.1, 0.15) is 29.7 Å². The van der Waals surface area contributed by atoms with Gasteiger partial charge in [-0.15, -0.1) is 11.3 Å². The predicted molar refractivity (Wildman–Crippen MR) is 107 cm³/mol. The molecule has 0 saturated heterocycles. The first-order chi connectivity index (χ1) is 13.1. The minimum absolute atomic E-state index is 0.332. The van der Waals surface area contributed by atoms with Gasteiger partial charge in [-0.05, 0) is 61.1 Å². The summed E-state index contributed by atoms with van der Waals surface area (Å²) in [6, 6.07) is 9.35. The first-order valence-electron chi connectivity index (χ1n) is 9.08. The highest BCUT2D eigenvalue weighted by Gasteiger charge is 2.17. The molecule has 0 amide bonds. The number of aromatic nitrogens is 2. The number of thiazole rings is 1. The summed E-state index contributed by atoms with van der Waals surface area (Å²) in [5.74, 6) is 0. The Morgan fingerprint density at radius 2 is 1.81 bits per heavy atom. The second-order valence-electron chi connectivity index (χ2n) is 6.67. The number of benzene rings is 1. The summed E-state index contributed by atoms with van der Waals surface area (Å²) in [7, 11) is -3.49. The maximum absolute atomic E-state index is 12.6. The van der Waals surface area contributed by atoms with E-state index < -0.39 is 10.0 Å². The van der Waals surface area contributed by atoms with Crippen LogP contribution in [0.4, 0.5) is 0 Å². The largest absolute Gasteiger partial charge is 0.265 e. The lowest BCUT2D eigenvalue weighted by Gasteiger charge is -2.16. The fourth-order valence-corrected chi connectivity index (χ4v) is 5.27. The van der Waals surface area contributed by atoms with Crippen molar-refractivity contribution in [3.8, 4) is 10.6 Å². The van der Waals surface area contributed by atoms with Crippen LogP contribution in [0.25, 0.3) is 10.6 Å². The van der Waals surface area contributed by atoms with Crippen molar-refractivity contribution in [3.05, 3.63) is 64.9 Å². The topological polar surface area (TPSA) is 72.0 Å². The van der Waals surface area contributed by atoms with E-state index in [0.717, 1.165) is 35.5 Å². The predicted octanol–water partition coefficient (Wildman–Crippen LogP) is 3.60. The number of nitrogens with one attached hydrogen (secondary N) is 1. The van der Waals surface area contributed by atoms with E-state index in [2.05, 4.69) is 14.7 Å². The Hall–Kier alpha value is -2.09. The number of sulfonamides is 1. The molecule has 1 N–H and O–H groups in total. The SMILES string of the molecule is O=S(=O)(NCCc1csc(-c2ccncc2)n1)c1ccc2c(c1)CCCC2. The molecule has 3 aromatic rings. The van der Waals surface area contributed by atoms with Crippen LogP contribution in [0.2, 0.25) is 0 Å². The molecule has 1 aromatic carbocycles. The molecule has 27 heavy (non-hydrogen) atoms. The molecular formula is C20H21N3O2S2. The Kier molecular flexibility index (Phi) is 5.33. The van der Waals surface area contributed by atoms with Crippen molar-refractivity contribution >= 4 is 21.4 Å². The number of nitrogens with zero attached hydrogens (tertiary/aromatic N) is 2. The van der Waals surface area contributed by atoms with Gasteiger partial charge in [0.25, 0.3) is 0 Å². The van der Waals surface area contributed by atoms with Crippen LogP contribution in [-0.4, -0.2) is 24.9 Å². The van der Waals surface area contributed by atoms with Crippen molar-refractivity contribution in [2.24, 2.45) is 0 Å². The van der Waals surface area contributed by atoms with Gasteiger partial charge in [-0.1, -0.05) is 6.07 Å². The molecule has 5 nitrogen and oxygen atoms in total. The number of hydrogen-bond donors (Lipinski definition) is 1. The summed E-state index contributed by atoms with van der Waals surface area (Å²) in [5.41, 5.74) is 4.37. The van der Waals surface area contributed by atoms with E-state index in [1.54, 1.807) is 29.8 Å². The Labute approximate surface area is 163 Å². The van der Waals surface area contributed by atoms with Gasteiger partial charge < -0.3 is 0 Å². The number of rotatable bonds is 6. The minimum atomic E-state index is -3.49. The van der Waals surface area contributed by atoms with E-state index in [4.69, 9.17) is 0 Å². The zero-order chi connectivity index (χ0) is 18.7. The second-order valence-corrected chi connectivity index (χ2v) is 9.29. The zero-order valence-corrected chi connectivity index (χ0v) is 16.5. The van der Waals surface area contributed by atoms with Crippen LogP contribution in [0, 0.1) is 0 Å². The molecule has 0 unspecified atom stereocenters. The maximum atomic E-state index is 12.6. The normalized spacial score (nSPS) is 14.1. The average Bonchev–Trinajstić information content (AvgIpc) is 3.17. The van der Waals surface area contributed by atoms with Gasteiger partial charge in [0, 0.05) is 36.3 Å². The molecule has 0 atom stereocenters. The van der Waals surface area contributed by atoms with Crippen LogP contribution in [0.3, 0.4) is 0 Å². The lowest BCUT2D eigenvalue weighted by Crippen LogP contribution is -2.26. The van der Waals surface area contributed by atoms with E-state index >= 15 is 0 Å². The van der Waals surface area contributed by atoms with Crippen molar-refractivity contribution in [1.82, 2.24) is 14.7 Å². The Morgan fingerprint density at radius 1 is 1.04 bits per heavy atom. The van der Waals surface area contributed by atoms with Gasteiger partial charge in [0.1, 0.15) is 5.01 Å². The van der Waals surface area contributed by atoms with Gasteiger partial charge >= 0.3 is 0 Å². The molecule has 1 aliphatic rings. The van der Waals surface area contributed by atoms with Crippen LogP contribution in [-0.2, 0) is 29.3 Å². The molecular weight excluding hydrogens is 378 g/mol. The molecule has 0 radical (unpaired) electrons. The van der Waals surface area contributed by atoms with E-state index in [1.165, 1.54) is 17.5 Å². The van der Waals surface area contributed by atoms with Gasteiger partial charge in [-0.2, -0.15) is 0 Å². The van der Waals surface area contributed by atoms with Gasteiger partial charge in [0.15, 0.2) is 0 Å². The van der Waals surface area contributed by atoms with E-state index in [0.29, 0.717) is 17.9 Å². The fourth-order valence-electron chi connectivity index (χ4n) is 3.32. The monoisotopic (exact) mass is 399 g/mol. The third-order valence-corrected chi connectivity index (χ3v) is 7.18. The highest BCUT2D eigenvalue weighted by Crippen LogP contribution is 2.25. The molecule has 4 rings (SSSR count).